The molecule has 1 aromatic heterocycles. The Morgan fingerprint density at radius 1 is 0.947 bits per heavy atom. The molecule has 0 unspecified atom stereocenters. The number of aromatic nitrogens is 3. The Morgan fingerprint density at radius 2 is 1.63 bits per heavy atom. The van der Waals surface area contributed by atoms with Crippen molar-refractivity contribution in [3.05, 3.63) is 65.7 Å². The van der Waals surface area contributed by atoms with Crippen LogP contribution in [0.25, 0.3) is 17.1 Å². The fraction of sp³-hybridized carbons (Fsp3) is 0. The molecular weight excluding hydrogens is 265 g/mol. The van der Waals surface area contributed by atoms with E-state index in [0.29, 0.717) is 10.8 Å². The summed E-state index contributed by atoms with van der Waals surface area (Å²) in [6, 6.07) is 13.4. The molecule has 0 saturated heterocycles. The van der Waals surface area contributed by atoms with Gasteiger partial charge in [-0.2, -0.15) is 5.10 Å². The van der Waals surface area contributed by atoms with E-state index in [1.165, 1.54) is 18.5 Å². The van der Waals surface area contributed by atoms with Crippen LogP contribution in [0.5, 0.6) is 0 Å². The van der Waals surface area contributed by atoms with E-state index in [2.05, 4.69) is 10.1 Å². The minimum atomic E-state index is -0.281. The van der Waals surface area contributed by atoms with Gasteiger partial charge in [0.05, 0.1) is 5.69 Å². The highest BCUT2D eigenvalue weighted by molar-refractivity contribution is 6.30. The van der Waals surface area contributed by atoms with E-state index >= 15 is 0 Å². The fourth-order valence-electron chi connectivity index (χ4n) is 1.81. The molecule has 0 fully saturated rings. The zero-order valence-electron chi connectivity index (χ0n) is 9.79. The summed E-state index contributed by atoms with van der Waals surface area (Å²) in [6.45, 7) is 0. The Hall–Kier alpha value is -2.20. The molecule has 19 heavy (non-hydrogen) atoms. The van der Waals surface area contributed by atoms with Gasteiger partial charge in [0.2, 0.25) is 0 Å². The molecule has 0 aliphatic heterocycles. The third kappa shape index (κ3) is 2.35. The molecule has 0 spiro atoms. The normalized spacial score (nSPS) is 10.6. The molecule has 0 bridgehead atoms. The Morgan fingerprint density at radius 3 is 2.32 bits per heavy atom. The monoisotopic (exact) mass is 273 g/mol. The van der Waals surface area contributed by atoms with Crippen molar-refractivity contribution in [2.24, 2.45) is 0 Å². The molecule has 0 amide bonds. The maximum absolute atomic E-state index is 12.9. The highest BCUT2D eigenvalue weighted by atomic mass is 35.5. The number of hydrogen-bond donors (Lipinski definition) is 0. The highest BCUT2D eigenvalue weighted by Gasteiger charge is 2.09. The largest absolute Gasteiger partial charge is 0.215 e. The van der Waals surface area contributed by atoms with Crippen LogP contribution in [-0.2, 0) is 0 Å². The van der Waals surface area contributed by atoms with E-state index in [1.807, 2.05) is 12.1 Å². The lowest BCUT2D eigenvalue weighted by Crippen LogP contribution is -1.99. The lowest BCUT2D eigenvalue weighted by Gasteiger charge is -2.06. The zero-order chi connectivity index (χ0) is 13.2. The van der Waals surface area contributed by atoms with Crippen molar-refractivity contribution in [3.8, 4) is 17.1 Å². The van der Waals surface area contributed by atoms with E-state index in [-0.39, 0.29) is 5.82 Å². The Bertz CT molecular complexity index is 629. The third-order valence-corrected chi connectivity index (χ3v) is 2.97. The zero-order valence-corrected chi connectivity index (χ0v) is 10.5. The summed E-state index contributed by atoms with van der Waals surface area (Å²) >= 11 is 5.86. The Labute approximate surface area is 114 Å². The van der Waals surface area contributed by atoms with Crippen LogP contribution < -0.4 is 0 Å². The number of halogens is 2. The lowest BCUT2D eigenvalue weighted by molar-refractivity contribution is 0.627. The molecule has 1 heterocycles. The number of nitrogens with zero attached hydrogens (tertiary/aromatic N) is 3. The van der Waals surface area contributed by atoms with Crippen molar-refractivity contribution in [2.75, 3.05) is 0 Å². The summed E-state index contributed by atoms with van der Waals surface area (Å²) in [5.74, 6) is 0.403. The smallest absolute Gasteiger partial charge is 0.163 e. The van der Waals surface area contributed by atoms with Crippen molar-refractivity contribution >= 4 is 11.6 Å². The molecule has 5 heteroatoms. The van der Waals surface area contributed by atoms with Crippen molar-refractivity contribution < 1.29 is 4.39 Å². The molecule has 3 rings (SSSR count). The van der Waals surface area contributed by atoms with Crippen LogP contribution >= 0.6 is 11.6 Å². The van der Waals surface area contributed by atoms with Gasteiger partial charge in [0, 0.05) is 10.6 Å². The van der Waals surface area contributed by atoms with Gasteiger partial charge >= 0.3 is 0 Å². The molecule has 0 atom stereocenters. The van der Waals surface area contributed by atoms with Crippen LogP contribution in [0.1, 0.15) is 0 Å². The summed E-state index contributed by atoms with van der Waals surface area (Å²) < 4.78 is 14.6. The van der Waals surface area contributed by atoms with Crippen LogP contribution in [-0.4, -0.2) is 14.8 Å². The summed E-state index contributed by atoms with van der Waals surface area (Å²) in [6.07, 6.45) is 1.47. The van der Waals surface area contributed by atoms with Gasteiger partial charge in [0.15, 0.2) is 5.82 Å². The predicted molar refractivity (Wildman–Crippen MR) is 71.8 cm³/mol. The van der Waals surface area contributed by atoms with Crippen LogP contribution in [0.3, 0.4) is 0 Å². The number of rotatable bonds is 2. The van der Waals surface area contributed by atoms with Crippen molar-refractivity contribution in [1.29, 1.82) is 0 Å². The first-order valence-electron chi connectivity index (χ1n) is 5.66. The predicted octanol–water partition coefficient (Wildman–Crippen LogP) is 3.73. The number of hydrogen-bond acceptors (Lipinski definition) is 2. The molecule has 0 radical (unpaired) electrons. The molecular formula is C14H9ClFN3. The van der Waals surface area contributed by atoms with Gasteiger partial charge in [-0.1, -0.05) is 11.6 Å². The van der Waals surface area contributed by atoms with E-state index in [0.717, 1.165) is 11.3 Å². The second-order valence-corrected chi connectivity index (χ2v) is 4.42. The summed E-state index contributed by atoms with van der Waals surface area (Å²) in [4.78, 5) is 4.23. The SMILES string of the molecule is Fc1ccc(-n2ncnc2-c2ccc(Cl)cc2)cc1. The second-order valence-electron chi connectivity index (χ2n) is 3.98. The van der Waals surface area contributed by atoms with E-state index < -0.39 is 0 Å². The first-order valence-corrected chi connectivity index (χ1v) is 6.04. The van der Waals surface area contributed by atoms with E-state index in [4.69, 9.17) is 11.6 Å². The first kappa shape index (κ1) is 11.9. The van der Waals surface area contributed by atoms with Gasteiger partial charge in [-0.3, -0.25) is 0 Å². The third-order valence-electron chi connectivity index (χ3n) is 2.72. The molecule has 94 valence electrons. The summed E-state index contributed by atoms with van der Waals surface area (Å²) in [7, 11) is 0. The molecule has 0 aliphatic rings. The highest BCUT2D eigenvalue weighted by Crippen LogP contribution is 2.21. The van der Waals surface area contributed by atoms with E-state index in [1.54, 1.807) is 28.9 Å². The van der Waals surface area contributed by atoms with Gasteiger partial charge < -0.3 is 0 Å². The van der Waals surface area contributed by atoms with Crippen LogP contribution in [0.15, 0.2) is 54.9 Å². The van der Waals surface area contributed by atoms with Gasteiger partial charge in [-0.15, -0.1) is 0 Å². The summed E-state index contributed by atoms with van der Waals surface area (Å²) in [5, 5.41) is 4.83. The maximum atomic E-state index is 12.9. The lowest BCUT2D eigenvalue weighted by atomic mass is 10.2. The van der Waals surface area contributed by atoms with Gasteiger partial charge in [-0.25, -0.2) is 14.1 Å². The van der Waals surface area contributed by atoms with E-state index in [9.17, 15) is 4.39 Å². The maximum Gasteiger partial charge on any atom is 0.163 e. The Balaban J connectivity index is 2.07. The second kappa shape index (κ2) is 4.82. The molecule has 3 aromatic rings. The summed E-state index contributed by atoms with van der Waals surface area (Å²) in [5.41, 5.74) is 1.65. The molecule has 0 N–H and O–H groups in total. The minimum Gasteiger partial charge on any atom is -0.215 e. The standard InChI is InChI=1S/C14H9ClFN3/c15-11-3-1-10(2-4-11)14-17-9-18-19(14)13-7-5-12(16)6-8-13/h1-9H. The minimum absolute atomic E-state index is 0.281. The Kier molecular flexibility index (Phi) is 3.01. The fourth-order valence-corrected chi connectivity index (χ4v) is 1.93. The van der Waals surface area contributed by atoms with Gasteiger partial charge in [-0.05, 0) is 48.5 Å². The van der Waals surface area contributed by atoms with Crippen molar-refractivity contribution in [1.82, 2.24) is 14.8 Å². The first-order chi connectivity index (χ1) is 9.24. The average Bonchev–Trinajstić information content (AvgIpc) is 2.90. The van der Waals surface area contributed by atoms with Gasteiger partial charge in [0.25, 0.3) is 0 Å². The molecule has 0 aliphatic carbocycles. The van der Waals surface area contributed by atoms with Crippen LogP contribution in [0.2, 0.25) is 5.02 Å². The quantitative estimate of drug-likeness (QED) is 0.712. The van der Waals surface area contributed by atoms with Crippen LogP contribution in [0, 0.1) is 5.82 Å². The topological polar surface area (TPSA) is 30.7 Å². The number of benzene rings is 2. The van der Waals surface area contributed by atoms with Crippen molar-refractivity contribution in [3.63, 3.8) is 0 Å². The van der Waals surface area contributed by atoms with Crippen molar-refractivity contribution in [2.45, 2.75) is 0 Å². The molecule has 2 aromatic carbocycles. The average molecular weight is 274 g/mol. The van der Waals surface area contributed by atoms with Crippen LogP contribution in [0.4, 0.5) is 4.39 Å². The molecule has 0 saturated carbocycles. The molecule has 3 nitrogen and oxygen atoms in total. The van der Waals surface area contributed by atoms with Gasteiger partial charge in [0.1, 0.15) is 12.1 Å².